The molecule has 0 unspecified atom stereocenters. The molecule has 0 atom stereocenters. The van der Waals surface area contributed by atoms with Gasteiger partial charge in [-0.25, -0.2) is 9.59 Å². The Morgan fingerprint density at radius 3 is 1.55 bits per heavy atom. The quantitative estimate of drug-likeness (QED) is 0.0404. The second-order valence-corrected chi connectivity index (χ2v) is 12.0. The van der Waals surface area contributed by atoms with E-state index in [1.54, 1.807) is 60.7 Å². The highest BCUT2D eigenvalue weighted by Crippen LogP contribution is 2.34. The maximum atomic E-state index is 13.2. The van der Waals surface area contributed by atoms with Gasteiger partial charge >= 0.3 is 11.9 Å². The molecule has 4 rings (SSSR count). The number of azo groups is 1. The maximum Gasteiger partial charge on any atom is 0.343 e. The van der Waals surface area contributed by atoms with Crippen molar-refractivity contribution < 1.29 is 28.5 Å². The number of hydrogen-bond donors (Lipinski definition) is 0. The zero-order valence-electron chi connectivity index (χ0n) is 29.0. The molecule has 0 aromatic heterocycles. The Kier molecular flexibility index (Phi) is 15.3. The summed E-state index contributed by atoms with van der Waals surface area (Å²) >= 11 is 0. The minimum atomic E-state index is -0.595. The number of rotatable bonds is 20. The van der Waals surface area contributed by atoms with Crippen LogP contribution in [0.4, 0.5) is 11.4 Å². The number of ether oxygens (including phenoxy) is 4. The molecule has 258 valence electrons. The first-order valence-corrected chi connectivity index (χ1v) is 17.5. The molecule has 0 amide bonds. The molecule has 0 N–H and O–H groups in total. The molecule has 0 saturated heterocycles. The average Bonchev–Trinajstić information content (AvgIpc) is 3.12. The smallest absolute Gasteiger partial charge is 0.343 e. The highest BCUT2D eigenvalue weighted by atomic mass is 16.5. The number of hydrogen-bond acceptors (Lipinski definition) is 8. The first kappa shape index (κ1) is 36.8. The van der Waals surface area contributed by atoms with Crippen LogP contribution in [0.25, 0.3) is 0 Å². The minimum Gasteiger partial charge on any atom is -0.494 e. The molecule has 0 bridgehead atoms. The molecule has 4 aromatic rings. The third kappa shape index (κ3) is 12.9. The molecule has 0 heterocycles. The van der Waals surface area contributed by atoms with Gasteiger partial charge in [-0.15, -0.1) is 5.11 Å². The van der Waals surface area contributed by atoms with Crippen molar-refractivity contribution in [2.45, 2.75) is 85.0 Å². The number of unbranched alkanes of at least 4 members (excludes halogenated alkanes) is 8. The predicted octanol–water partition coefficient (Wildman–Crippen LogP) is 11.5. The van der Waals surface area contributed by atoms with E-state index >= 15 is 0 Å². The van der Waals surface area contributed by atoms with Gasteiger partial charge in [0.15, 0.2) is 5.75 Å². The van der Waals surface area contributed by atoms with Gasteiger partial charge < -0.3 is 18.9 Å². The van der Waals surface area contributed by atoms with Crippen molar-refractivity contribution in [2.24, 2.45) is 10.2 Å². The number of esters is 2. The summed E-state index contributed by atoms with van der Waals surface area (Å²) in [5, 5.41) is 8.64. The third-order valence-corrected chi connectivity index (χ3v) is 7.86. The number of benzene rings is 4. The lowest BCUT2D eigenvalue weighted by Crippen LogP contribution is -2.10. The highest BCUT2D eigenvalue weighted by Gasteiger charge is 2.16. The van der Waals surface area contributed by atoms with Crippen LogP contribution in [0, 0.1) is 6.92 Å². The highest BCUT2D eigenvalue weighted by molar-refractivity contribution is 5.93. The SMILES string of the molecule is CCCCCCCOc1ccc(C(=O)Oc2ccc(N=Nc3ccc(C)cc3)c(OC(=O)c3ccc(OCCCCCCC)cc3)c2)cc1. The Morgan fingerprint density at radius 1 is 0.531 bits per heavy atom. The summed E-state index contributed by atoms with van der Waals surface area (Å²) in [6, 6.07) is 25.9. The van der Waals surface area contributed by atoms with E-state index in [2.05, 4.69) is 24.1 Å². The Balaban J connectivity index is 1.42. The minimum absolute atomic E-state index is 0.0984. The first-order chi connectivity index (χ1) is 23.9. The summed E-state index contributed by atoms with van der Waals surface area (Å²) in [5.74, 6) is 0.529. The molecule has 0 aliphatic heterocycles. The van der Waals surface area contributed by atoms with Gasteiger partial charge in [-0.3, -0.25) is 0 Å². The van der Waals surface area contributed by atoms with Gasteiger partial charge in [0.05, 0.1) is 30.0 Å². The van der Waals surface area contributed by atoms with E-state index in [9.17, 15) is 9.59 Å². The van der Waals surface area contributed by atoms with Gasteiger partial charge in [0, 0.05) is 6.07 Å². The van der Waals surface area contributed by atoms with Gasteiger partial charge in [-0.05, 0) is 92.6 Å². The molecular formula is C41H48N2O6. The summed E-state index contributed by atoms with van der Waals surface area (Å²) < 4.78 is 23.1. The lowest BCUT2D eigenvalue weighted by Gasteiger charge is -2.11. The van der Waals surface area contributed by atoms with E-state index in [1.807, 2.05) is 31.2 Å². The fourth-order valence-electron chi connectivity index (χ4n) is 4.94. The number of aryl methyl sites for hydroxylation is 1. The largest absolute Gasteiger partial charge is 0.494 e. The monoisotopic (exact) mass is 664 g/mol. The van der Waals surface area contributed by atoms with E-state index < -0.39 is 11.9 Å². The van der Waals surface area contributed by atoms with Crippen LogP contribution in [-0.2, 0) is 0 Å². The van der Waals surface area contributed by atoms with Crippen molar-refractivity contribution in [2.75, 3.05) is 13.2 Å². The van der Waals surface area contributed by atoms with Gasteiger partial charge in [-0.2, -0.15) is 5.11 Å². The molecule has 8 nitrogen and oxygen atoms in total. The Bertz CT molecular complexity index is 1620. The van der Waals surface area contributed by atoms with Crippen LogP contribution in [0.1, 0.15) is 104 Å². The summed E-state index contributed by atoms with van der Waals surface area (Å²) in [7, 11) is 0. The van der Waals surface area contributed by atoms with E-state index in [-0.39, 0.29) is 11.5 Å². The Morgan fingerprint density at radius 2 is 1.02 bits per heavy atom. The molecule has 0 saturated carbocycles. The first-order valence-electron chi connectivity index (χ1n) is 17.5. The zero-order valence-corrected chi connectivity index (χ0v) is 29.0. The van der Waals surface area contributed by atoms with Crippen LogP contribution < -0.4 is 18.9 Å². The van der Waals surface area contributed by atoms with E-state index in [0.29, 0.717) is 47.2 Å². The number of carbonyl (C=O) groups is 2. The van der Waals surface area contributed by atoms with Gasteiger partial charge in [0.25, 0.3) is 0 Å². The molecule has 0 aliphatic carbocycles. The van der Waals surface area contributed by atoms with Crippen molar-refractivity contribution in [3.63, 3.8) is 0 Å². The van der Waals surface area contributed by atoms with Crippen LogP contribution in [0.3, 0.4) is 0 Å². The van der Waals surface area contributed by atoms with Crippen molar-refractivity contribution in [1.82, 2.24) is 0 Å². The van der Waals surface area contributed by atoms with Crippen LogP contribution >= 0.6 is 0 Å². The molecule has 0 spiro atoms. The summed E-state index contributed by atoms with van der Waals surface area (Å²) in [6.45, 7) is 7.65. The number of nitrogens with zero attached hydrogens (tertiary/aromatic N) is 2. The van der Waals surface area contributed by atoms with E-state index in [0.717, 1.165) is 31.2 Å². The summed E-state index contributed by atoms with van der Waals surface area (Å²) in [5.41, 5.74) is 2.74. The Hall–Kier alpha value is -4.98. The van der Waals surface area contributed by atoms with Crippen molar-refractivity contribution in [3.8, 4) is 23.0 Å². The fraction of sp³-hybridized carbons (Fsp3) is 0.366. The summed E-state index contributed by atoms with van der Waals surface area (Å²) in [4.78, 5) is 26.2. The van der Waals surface area contributed by atoms with Crippen LogP contribution in [0.15, 0.2) is 101 Å². The van der Waals surface area contributed by atoms with E-state index in [4.69, 9.17) is 18.9 Å². The average molecular weight is 665 g/mol. The molecule has 0 radical (unpaired) electrons. The van der Waals surface area contributed by atoms with Gasteiger partial charge in [0.2, 0.25) is 0 Å². The molecule has 49 heavy (non-hydrogen) atoms. The maximum absolute atomic E-state index is 13.2. The molecule has 4 aromatic carbocycles. The molecule has 0 fully saturated rings. The van der Waals surface area contributed by atoms with Gasteiger partial charge in [0.1, 0.15) is 22.9 Å². The van der Waals surface area contributed by atoms with Crippen molar-refractivity contribution in [1.29, 1.82) is 0 Å². The zero-order chi connectivity index (χ0) is 34.7. The lowest BCUT2D eigenvalue weighted by atomic mass is 10.2. The second kappa shape index (κ2) is 20.4. The third-order valence-electron chi connectivity index (χ3n) is 7.86. The normalized spacial score (nSPS) is 11.0. The Labute approximate surface area is 290 Å². The van der Waals surface area contributed by atoms with E-state index in [1.165, 1.54) is 44.6 Å². The van der Waals surface area contributed by atoms with Crippen LogP contribution in [0.2, 0.25) is 0 Å². The van der Waals surface area contributed by atoms with Gasteiger partial charge in [-0.1, -0.05) is 82.9 Å². The molecular weight excluding hydrogens is 616 g/mol. The van der Waals surface area contributed by atoms with Crippen molar-refractivity contribution >= 4 is 23.3 Å². The predicted molar refractivity (Wildman–Crippen MR) is 193 cm³/mol. The van der Waals surface area contributed by atoms with Crippen molar-refractivity contribution in [3.05, 3.63) is 108 Å². The number of carbonyl (C=O) groups excluding carboxylic acids is 2. The molecule has 0 aliphatic rings. The van der Waals surface area contributed by atoms with Crippen LogP contribution in [0.5, 0.6) is 23.0 Å². The topological polar surface area (TPSA) is 95.8 Å². The second-order valence-electron chi connectivity index (χ2n) is 12.0. The molecule has 8 heteroatoms. The lowest BCUT2D eigenvalue weighted by molar-refractivity contribution is 0.0733. The summed E-state index contributed by atoms with van der Waals surface area (Å²) in [6.07, 6.45) is 11.6. The van der Waals surface area contributed by atoms with Crippen LogP contribution in [-0.4, -0.2) is 25.2 Å². The fourth-order valence-corrected chi connectivity index (χ4v) is 4.94. The standard InChI is InChI=1S/C41H48N2O6/c1-4-6-8-10-12-28-46-35-22-16-32(17-23-35)40(44)48-37-26-27-38(43-42-34-20-14-31(3)15-21-34)39(30-37)49-41(45)33-18-24-36(25-19-33)47-29-13-11-9-7-5-2/h14-27,30H,4-13,28-29H2,1-3H3.